The van der Waals surface area contributed by atoms with Gasteiger partial charge in [-0.15, -0.1) is 0 Å². The highest BCUT2D eigenvalue weighted by molar-refractivity contribution is 6.31. The van der Waals surface area contributed by atoms with Crippen LogP contribution in [0.2, 0.25) is 5.02 Å². The minimum atomic E-state index is -4.22. The maximum Gasteiger partial charge on any atom is 0.416 e. The summed E-state index contributed by atoms with van der Waals surface area (Å²) in [4.78, 5) is 13.8. The van der Waals surface area contributed by atoms with Gasteiger partial charge in [0.05, 0.1) is 23.9 Å². The average molecular weight is 1980 g/mol. The lowest BCUT2D eigenvalue weighted by atomic mass is 9.87. The first kappa shape index (κ1) is 125. The van der Waals surface area contributed by atoms with Crippen LogP contribution in [0, 0.1) is 128 Å². The standard InChI is InChI=1S/2C11H10.C11H16.C10H14O3.C10H14.C9H12.C9H10.C8H7F3.2C8H10.C7H7Cl.C7H7NO2.2C7H8.C6H7N.C5H6O/c1-9-5-4-7-10-6-2-3-8-11(9)10;1-9-6-7-10-4-2-3-5-11(10)8-9;1-9-5-7-10(8-6-9)11(2,3)4;1-8-4-5-9(13-7-11-2)10(6-8)12-3;1-8(2)10-6-4-9(3)5-7-10;1-3-9-6-4-8(2)5-7-9;1-2-6-9-7-4-3-5-8-9;1-6-4-2-3-5-7(6)8(9,10)11;2*1-7-3-5-8(2)6-4-7;1-6-4-2-3-5-7(6)8;1-6-4-2-3-5-7(6)8(9)10;2*1-7-5-3-2-4-6-7;1-6-4-2-3-5-7-6;1-5-3-2-4-6-5/h2*2-8H,1H3;5-8H,1-4H3;4-6H,7H2,1-3H3;4-8H,1-3H3;4-7H,3H2,1-2H3;2-8H,1H3;2-5H,1H3;2*3-6H,1-2H3;2-5H,1H3;2-5H,1H3;2*2-6H,1H3;2-5H,1H3;2-4H,1H3/b;;;;;;6-2+;;;;;;;;;. The minimum absolute atomic E-state index is 0.183. The molecule has 18 aromatic rings. The van der Waals surface area contributed by atoms with Gasteiger partial charge in [0.25, 0.3) is 5.69 Å². The Morgan fingerprint density at radius 2 is 0.795 bits per heavy atom. The summed E-state index contributed by atoms with van der Waals surface area (Å²) < 4.78 is 56.2. The van der Waals surface area contributed by atoms with E-state index in [4.69, 9.17) is 30.2 Å². The molecule has 0 bridgehead atoms. The number of hydrogen-bond acceptors (Lipinski definition) is 7. The van der Waals surface area contributed by atoms with Gasteiger partial charge in [-0.3, -0.25) is 15.1 Å². The third kappa shape index (κ3) is 57.5. The summed E-state index contributed by atoms with van der Waals surface area (Å²) in [5, 5.41) is 16.4. The van der Waals surface area contributed by atoms with Crippen molar-refractivity contribution >= 4 is 44.9 Å². The van der Waals surface area contributed by atoms with E-state index in [1.165, 1.54) is 130 Å². The van der Waals surface area contributed by atoms with E-state index in [1.807, 2.05) is 168 Å². The monoisotopic (exact) mass is 1980 g/mol. The molecule has 0 amide bonds. The average Bonchev–Trinajstić information content (AvgIpc) is 1.10. The molecule has 146 heavy (non-hydrogen) atoms. The second-order valence-electron chi connectivity index (χ2n) is 36.2. The summed E-state index contributed by atoms with van der Waals surface area (Å²) in [6, 6.07) is 139. The van der Waals surface area contributed by atoms with Crippen LogP contribution in [0.15, 0.2) is 442 Å². The molecule has 0 atom stereocenters. The van der Waals surface area contributed by atoms with E-state index in [0.29, 0.717) is 17.2 Å². The normalized spacial score (nSPS) is 9.88. The van der Waals surface area contributed by atoms with Gasteiger partial charge in [-0.05, 0) is 257 Å². The number of alkyl halides is 3. The van der Waals surface area contributed by atoms with Crippen molar-refractivity contribution in [2.24, 2.45) is 0 Å². The van der Waals surface area contributed by atoms with Crippen molar-refractivity contribution in [2.45, 2.75) is 190 Å². The molecule has 16 aromatic carbocycles. The predicted octanol–water partition coefficient (Wildman–Crippen LogP) is 39.1. The fourth-order valence-corrected chi connectivity index (χ4v) is 12.8. The van der Waals surface area contributed by atoms with Crippen LogP contribution in [-0.4, -0.2) is 30.9 Å². The number of allylic oxidation sites excluding steroid dienone is 1. The maximum atomic E-state index is 12.0. The van der Waals surface area contributed by atoms with Crippen LogP contribution in [0.5, 0.6) is 11.5 Å². The van der Waals surface area contributed by atoms with Gasteiger partial charge < -0.3 is 18.6 Å². The molecule has 0 fully saturated rings. The Morgan fingerprint density at radius 1 is 0.390 bits per heavy atom. The lowest BCUT2D eigenvalue weighted by Gasteiger charge is -2.18. The first-order chi connectivity index (χ1) is 69.7. The molecule has 12 heteroatoms. The molecule has 0 aliphatic rings. The molecule has 18 rings (SSSR count). The molecule has 0 unspecified atom stereocenters. The molecule has 2 aromatic heterocycles. The Labute approximate surface area is 878 Å². The molecule has 0 N–H and O–H groups in total. The minimum Gasteiger partial charge on any atom is -0.493 e. The second-order valence-corrected chi connectivity index (χ2v) is 36.6. The molecule has 0 aliphatic heterocycles. The van der Waals surface area contributed by atoms with Crippen LogP contribution >= 0.6 is 11.6 Å². The first-order valence-corrected chi connectivity index (χ1v) is 49.6. The van der Waals surface area contributed by atoms with Crippen LogP contribution in [0.25, 0.3) is 27.6 Å². The lowest BCUT2D eigenvalue weighted by molar-refractivity contribution is -0.385. The van der Waals surface area contributed by atoms with E-state index < -0.39 is 11.7 Å². The predicted molar refractivity (Wildman–Crippen MR) is 621 cm³/mol. The highest BCUT2D eigenvalue weighted by Crippen LogP contribution is 2.32. The fraction of sp³-hybridized carbons (Fsp3) is 0.231. The van der Waals surface area contributed by atoms with Gasteiger partial charge in [0.15, 0.2) is 18.3 Å². The number of furan rings is 1. The third-order valence-corrected chi connectivity index (χ3v) is 22.0. The van der Waals surface area contributed by atoms with E-state index in [-0.39, 0.29) is 28.4 Å². The summed E-state index contributed by atoms with van der Waals surface area (Å²) >= 11 is 5.71. The number of nitrogens with zero attached hydrogens (tertiary/aromatic N) is 2. The van der Waals surface area contributed by atoms with Gasteiger partial charge in [0, 0.05) is 35.7 Å². The van der Waals surface area contributed by atoms with Gasteiger partial charge in [0.2, 0.25) is 0 Å². The number of pyridine rings is 1. The first-order valence-electron chi connectivity index (χ1n) is 49.2. The number of aromatic nitrogens is 1. The van der Waals surface area contributed by atoms with Crippen LogP contribution in [-0.2, 0) is 22.7 Å². The highest BCUT2D eigenvalue weighted by atomic mass is 35.5. The number of fused-ring (bicyclic) bond motifs is 2. The van der Waals surface area contributed by atoms with E-state index in [9.17, 15) is 23.3 Å². The number of nitro benzene ring substituents is 1. The van der Waals surface area contributed by atoms with Gasteiger partial charge >= 0.3 is 6.18 Å². The summed E-state index contributed by atoms with van der Waals surface area (Å²) in [5.41, 5.74) is 24.4. The number of halogens is 4. The SMILES string of the molecule is C/C=C/c1ccccc1.CCc1ccc(C)cc1.COCOc1ccc(C)cc1OC.Cc1ccc(C(C)(C)C)cc1.Cc1ccc(C(C)C)cc1.Cc1ccc(C)cc1.Cc1ccc(C)cc1.Cc1ccc2ccccc2c1.Cc1cccc2ccccc12.Cc1ccccc1.Cc1ccccc1.Cc1ccccc1C(F)(F)F.Cc1ccccc1Cl.Cc1ccccc1[N+](=O)[O-].Cc1ccccn1.Cc1ccco1. The number of ether oxygens (including phenoxy) is 3. The van der Waals surface area contributed by atoms with Crippen LogP contribution in [0.1, 0.15) is 177 Å². The molecule has 8 nitrogen and oxygen atoms in total. The molecule has 0 aliphatic carbocycles. The summed E-state index contributed by atoms with van der Waals surface area (Å²) in [6.07, 6.45) is 4.49. The largest absolute Gasteiger partial charge is 0.493 e. The third-order valence-electron chi connectivity index (χ3n) is 21.5. The van der Waals surface area contributed by atoms with Crippen molar-refractivity contribution in [3.05, 3.63) is 575 Å². The second kappa shape index (κ2) is 72.5. The van der Waals surface area contributed by atoms with Crippen LogP contribution < -0.4 is 9.47 Å². The Hall–Kier alpha value is -14.8. The zero-order chi connectivity index (χ0) is 108. The van der Waals surface area contributed by atoms with E-state index in [1.54, 1.807) is 57.9 Å². The quantitative estimate of drug-likeness (QED) is 0.0849. The molecular formula is C134H156ClF3N2O6. The number of nitro groups is 1. The summed E-state index contributed by atoms with van der Waals surface area (Å²) in [6.45, 7) is 49.8. The number of hydrogen-bond donors (Lipinski definition) is 0. The van der Waals surface area contributed by atoms with Crippen molar-refractivity contribution in [1.82, 2.24) is 4.98 Å². The molecule has 0 spiro atoms. The van der Waals surface area contributed by atoms with Gasteiger partial charge in [-0.25, -0.2) is 0 Å². The summed E-state index contributed by atoms with van der Waals surface area (Å²) in [7, 11) is 3.20. The van der Waals surface area contributed by atoms with Crippen LogP contribution in [0.4, 0.5) is 18.9 Å². The Balaban J connectivity index is 0.000000401. The highest BCUT2D eigenvalue weighted by Gasteiger charge is 2.31. The van der Waals surface area contributed by atoms with Crippen LogP contribution in [0.3, 0.4) is 0 Å². The van der Waals surface area contributed by atoms with Crippen molar-refractivity contribution in [3.8, 4) is 11.5 Å². The molecule has 0 radical (unpaired) electrons. The van der Waals surface area contributed by atoms with Crippen molar-refractivity contribution in [1.29, 1.82) is 0 Å². The molecule has 2 heterocycles. The fourth-order valence-electron chi connectivity index (χ4n) is 12.7. The Morgan fingerprint density at radius 3 is 1.16 bits per heavy atom. The Bertz CT molecular complexity index is 6280. The maximum absolute atomic E-state index is 12.0. The van der Waals surface area contributed by atoms with E-state index in [2.05, 4.69) is 371 Å². The molecular weight excluding hydrogens is 1830 g/mol. The number of benzene rings is 16. The topological polar surface area (TPSA) is 96.9 Å². The zero-order valence-electron chi connectivity index (χ0n) is 91.0. The van der Waals surface area contributed by atoms with Gasteiger partial charge in [-0.1, -0.05) is 485 Å². The van der Waals surface area contributed by atoms with E-state index in [0.717, 1.165) is 45.8 Å². The number of rotatable bonds is 8. The van der Waals surface area contributed by atoms with E-state index >= 15 is 0 Å². The number of methoxy groups -OCH3 is 2. The lowest BCUT2D eigenvalue weighted by Crippen LogP contribution is -2.10. The number of para-hydroxylation sites is 1. The molecule has 766 valence electrons. The molecule has 0 saturated heterocycles. The Kier molecular flexibility index (Phi) is 62.3. The van der Waals surface area contributed by atoms with Crippen molar-refractivity contribution in [2.75, 3.05) is 21.0 Å². The smallest absolute Gasteiger partial charge is 0.416 e. The summed E-state index contributed by atoms with van der Waals surface area (Å²) in [5.74, 6) is 3.06. The van der Waals surface area contributed by atoms with Crippen molar-refractivity contribution < 1.29 is 36.7 Å². The number of aryl methyl sites for hydroxylation is 18. The molecule has 0 saturated carbocycles. The van der Waals surface area contributed by atoms with Gasteiger partial charge in [0.1, 0.15) is 5.76 Å². The van der Waals surface area contributed by atoms with Gasteiger partial charge in [-0.2, -0.15) is 13.2 Å². The zero-order valence-corrected chi connectivity index (χ0v) is 91.7. The van der Waals surface area contributed by atoms with Crippen molar-refractivity contribution in [3.63, 3.8) is 0 Å².